The molecule has 7 nitrogen and oxygen atoms in total. The molecule has 0 atom stereocenters. The fourth-order valence-electron chi connectivity index (χ4n) is 4.97. The van der Waals surface area contributed by atoms with E-state index in [1.54, 1.807) is 12.0 Å². The quantitative estimate of drug-likeness (QED) is 0.182. The van der Waals surface area contributed by atoms with Gasteiger partial charge in [0, 0.05) is 56.9 Å². The molecule has 0 radical (unpaired) electrons. The number of methoxy groups -OCH3 is 1. The Bertz CT molecular complexity index is 1370. The van der Waals surface area contributed by atoms with Crippen LogP contribution in [0.3, 0.4) is 0 Å². The van der Waals surface area contributed by atoms with Gasteiger partial charge in [0.15, 0.2) is 0 Å². The van der Waals surface area contributed by atoms with Crippen LogP contribution in [0.15, 0.2) is 85.1 Å². The van der Waals surface area contributed by atoms with Crippen LogP contribution < -0.4 is 4.74 Å². The van der Waals surface area contributed by atoms with Crippen LogP contribution in [0, 0.1) is 0 Å². The Labute approximate surface area is 243 Å². The van der Waals surface area contributed by atoms with Crippen LogP contribution in [0.2, 0.25) is 0 Å². The van der Waals surface area contributed by atoms with Crippen molar-refractivity contribution >= 4 is 22.7 Å². The molecule has 4 aromatic rings. The molecule has 216 valence electrons. The molecule has 1 N–H and O–H groups in total. The van der Waals surface area contributed by atoms with Crippen LogP contribution in [0.1, 0.15) is 36.5 Å². The maximum atomic E-state index is 13.8. The Balaban J connectivity index is 1.48. The molecule has 4 rings (SSSR count). The molecule has 0 bridgehead atoms. The molecule has 0 unspecified atom stereocenters. The van der Waals surface area contributed by atoms with Crippen molar-refractivity contribution in [3.8, 4) is 5.75 Å². The molecule has 0 saturated carbocycles. The second-order valence-corrected chi connectivity index (χ2v) is 10.1. The third-order valence-electron chi connectivity index (χ3n) is 7.21. The summed E-state index contributed by atoms with van der Waals surface area (Å²) in [5.74, 6) is 0.724. The molecule has 0 fully saturated rings. The molecule has 41 heavy (non-hydrogen) atoms. The van der Waals surface area contributed by atoms with Gasteiger partial charge in [-0.15, -0.1) is 0 Å². The summed E-state index contributed by atoms with van der Waals surface area (Å²) in [7, 11) is 1.65. The third-order valence-corrected chi connectivity index (χ3v) is 7.21. The Morgan fingerprint density at radius 1 is 0.805 bits per heavy atom. The van der Waals surface area contributed by atoms with E-state index in [9.17, 15) is 9.59 Å². The molecule has 7 heteroatoms. The van der Waals surface area contributed by atoms with Crippen molar-refractivity contribution < 1.29 is 19.1 Å². The van der Waals surface area contributed by atoms with E-state index in [-0.39, 0.29) is 18.4 Å². The lowest BCUT2D eigenvalue weighted by atomic mass is 10.1. The third kappa shape index (κ3) is 8.95. The minimum Gasteiger partial charge on any atom is -0.494 e. The van der Waals surface area contributed by atoms with E-state index in [4.69, 9.17) is 9.47 Å². The molecule has 0 aliphatic rings. The second-order valence-electron chi connectivity index (χ2n) is 10.1. The highest BCUT2D eigenvalue weighted by atomic mass is 16.5. The minimum atomic E-state index is -0.0656. The fourth-order valence-corrected chi connectivity index (χ4v) is 4.97. The molecule has 0 spiro atoms. The van der Waals surface area contributed by atoms with Gasteiger partial charge in [-0.3, -0.25) is 9.59 Å². The molecule has 1 heterocycles. The first kappa shape index (κ1) is 29.9. The van der Waals surface area contributed by atoms with Crippen LogP contribution >= 0.6 is 0 Å². The van der Waals surface area contributed by atoms with Crippen LogP contribution in [-0.2, 0) is 33.7 Å². The number of carbonyl (C=O) groups excluding carboxylic acids is 2. The zero-order valence-electron chi connectivity index (χ0n) is 24.2. The van der Waals surface area contributed by atoms with E-state index < -0.39 is 0 Å². The highest BCUT2D eigenvalue weighted by molar-refractivity contribution is 5.85. The van der Waals surface area contributed by atoms with Gasteiger partial charge < -0.3 is 24.3 Å². The molecule has 0 saturated heterocycles. The number of fused-ring (bicyclic) bond motifs is 1. The van der Waals surface area contributed by atoms with Crippen LogP contribution in [0.4, 0.5) is 0 Å². The highest BCUT2D eigenvalue weighted by Gasteiger charge is 2.22. The average Bonchev–Trinajstić information content (AvgIpc) is 3.42. The number of nitrogens with zero attached hydrogens (tertiary/aromatic N) is 2. The second kappa shape index (κ2) is 15.6. The van der Waals surface area contributed by atoms with Crippen molar-refractivity contribution in [1.29, 1.82) is 0 Å². The lowest BCUT2D eigenvalue weighted by molar-refractivity contribution is -0.141. The van der Waals surface area contributed by atoms with E-state index in [0.29, 0.717) is 58.5 Å². The molecule has 2 amide bonds. The van der Waals surface area contributed by atoms with Gasteiger partial charge in [-0.05, 0) is 61.1 Å². The molecular weight excluding hydrogens is 514 g/mol. The van der Waals surface area contributed by atoms with Gasteiger partial charge in [-0.2, -0.15) is 0 Å². The smallest absolute Gasteiger partial charge is 0.242 e. The van der Waals surface area contributed by atoms with E-state index in [1.807, 2.05) is 84.8 Å². The minimum absolute atomic E-state index is 0.0176. The number of nitrogens with one attached hydrogen (secondary N) is 1. The van der Waals surface area contributed by atoms with Gasteiger partial charge in [-0.1, -0.05) is 60.7 Å². The Morgan fingerprint density at radius 2 is 1.56 bits per heavy atom. The zero-order chi connectivity index (χ0) is 28.9. The summed E-state index contributed by atoms with van der Waals surface area (Å²) < 4.78 is 10.8. The van der Waals surface area contributed by atoms with E-state index in [0.717, 1.165) is 22.4 Å². The van der Waals surface area contributed by atoms with Gasteiger partial charge in [0.1, 0.15) is 5.75 Å². The lowest BCUT2D eigenvalue weighted by Gasteiger charge is -2.28. The van der Waals surface area contributed by atoms with E-state index >= 15 is 0 Å². The number of aromatic nitrogens is 1. The number of rotatable bonds is 16. The topological polar surface area (TPSA) is 74.9 Å². The summed E-state index contributed by atoms with van der Waals surface area (Å²) in [6, 6.07) is 26.0. The summed E-state index contributed by atoms with van der Waals surface area (Å²) in [6.07, 6.45) is 4.41. The van der Waals surface area contributed by atoms with Crippen molar-refractivity contribution in [3.63, 3.8) is 0 Å². The van der Waals surface area contributed by atoms with Crippen molar-refractivity contribution in [1.82, 2.24) is 14.8 Å². The van der Waals surface area contributed by atoms with E-state index in [1.165, 1.54) is 10.9 Å². The molecule has 1 aromatic heterocycles. The number of para-hydroxylation sites is 1. The molecule has 0 aliphatic carbocycles. The molecule has 3 aromatic carbocycles. The summed E-state index contributed by atoms with van der Waals surface area (Å²) in [5.41, 5.74) is 4.38. The van der Waals surface area contributed by atoms with Crippen LogP contribution in [0.25, 0.3) is 10.9 Å². The number of H-pyrrole nitrogens is 1. The number of amides is 2. The SMILES string of the molecule is CCOc1ccc(CN(CCc2c[nH]c3ccccc23)C(=O)CN(CCCOC)C(=O)CCc2ccccc2)cc1. The number of ether oxygens (including phenoxy) is 2. The number of aryl methyl sites for hydroxylation is 1. The average molecular weight is 556 g/mol. The monoisotopic (exact) mass is 555 g/mol. The summed E-state index contributed by atoms with van der Waals surface area (Å²) in [4.78, 5) is 34.0. The summed E-state index contributed by atoms with van der Waals surface area (Å²) in [6.45, 7) is 4.61. The maximum Gasteiger partial charge on any atom is 0.242 e. The lowest BCUT2D eigenvalue weighted by Crippen LogP contribution is -2.44. The Morgan fingerprint density at radius 3 is 2.32 bits per heavy atom. The van der Waals surface area contributed by atoms with Crippen molar-refractivity contribution in [2.75, 3.05) is 40.0 Å². The zero-order valence-corrected chi connectivity index (χ0v) is 24.2. The number of aromatic amines is 1. The maximum absolute atomic E-state index is 13.8. The molecule has 0 aliphatic heterocycles. The van der Waals surface area contributed by atoms with Crippen molar-refractivity contribution in [2.45, 2.75) is 39.2 Å². The standard InChI is InChI=1S/C34H41N3O4/c1-3-41-30-17-14-28(15-18-30)25-37(22-20-29-24-35-32-13-8-7-12-31(29)32)34(39)26-36(21-9-23-40-2)33(38)19-16-27-10-5-4-6-11-27/h4-8,10-15,17-18,24,35H,3,9,16,19-23,25-26H2,1-2H3. The first-order valence-electron chi connectivity index (χ1n) is 14.4. The number of carbonyl (C=O) groups is 2. The van der Waals surface area contributed by atoms with Gasteiger partial charge in [0.05, 0.1) is 13.2 Å². The predicted molar refractivity (Wildman–Crippen MR) is 163 cm³/mol. The van der Waals surface area contributed by atoms with Gasteiger partial charge in [0.25, 0.3) is 0 Å². The van der Waals surface area contributed by atoms with Gasteiger partial charge >= 0.3 is 0 Å². The van der Waals surface area contributed by atoms with Crippen LogP contribution in [0.5, 0.6) is 5.75 Å². The number of hydrogen-bond donors (Lipinski definition) is 1. The predicted octanol–water partition coefficient (Wildman–Crippen LogP) is 5.64. The highest BCUT2D eigenvalue weighted by Crippen LogP contribution is 2.20. The van der Waals surface area contributed by atoms with Crippen molar-refractivity contribution in [2.24, 2.45) is 0 Å². The first-order valence-corrected chi connectivity index (χ1v) is 14.4. The fraction of sp³-hybridized carbons (Fsp3) is 0.353. The summed E-state index contributed by atoms with van der Waals surface area (Å²) >= 11 is 0. The van der Waals surface area contributed by atoms with Crippen molar-refractivity contribution in [3.05, 3.63) is 102 Å². The number of benzene rings is 3. The number of hydrogen-bond acceptors (Lipinski definition) is 4. The largest absolute Gasteiger partial charge is 0.494 e. The Hall–Kier alpha value is -4.10. The van der Waals surface area contributed by atoms with Gasteiger partial charge in [-0.25, -0.2) is 0 Å². The van der Waals surface area contributed by atoms with Gasteiger partial charge in [0.2, 0.25) is 11.8 Å². The normalized spacial score (nSPS) is 11.0. The Kier molecular flexibility index (Phi) is 11.4. The molecular formula is C34H41N3O4. The van der Waals surface area contributed by atoms with Crippen LogP contribution in [-0.4, -0.2) is 66.6 Å². The summed E-state index contributed by atoms with van der Waals surface area (Å²) in [5, 5.41) is 1.17. The van der Waals surface area contributed by atoms with E-state index in [2.05, 4.69) is 17.1 Å². The first-order chi connectivity index (χ1) is 20.1.